The summed E-state index contributed by atoms with van der Waals surface area (Å²) in [5, 5.41) is 18.0. The van der Waals surface area contributed by atoms with Crippen molar-refractivity contribution in [2.75, 3.05) is 5.75 Å². The molecule has 9 N–H and O–H groups in total. The average Bonchev–Trinajstić information content (AvgIpc) is 3.30. The van der Waals surface area contributed by atoms with Gasteiger partial charge in [-0.25, -0.2) is 4.79 Å². The van der Waals surface area contributed by atoms with Gasteiger partial charge in [-0.1, -0.05) is 38.5 Å². The highest BCUT2D eigenvalue weighted by Crippen LogP contribution is 2.19. The minimum absolute atomic E-state index is 0.00310. The monoisotopic (exact) mass is 548 g/mol. The van der Waals surface area contributed by atoms with Gasteiger partial charge in [0.2, 0.25) is 23.6 Å². The molecular formula is C25H36N6O6S. The molecule has 0 aliphatic heterocycles. The van der Waals surface area contributed by atoms with Crippen LogP contribution in [0.1, 0.15) is 38.7 Å². The molecule has 0 spiro atoms. The Morgan fingerprint density at radius 3 is 2.21 bits per heavy atom. The SMILES string of the molecule is CCC(C)C(N)C(=O)NC(CCC(N)=O)C(=O)NC(CS)C(=O)NC(Cc1c[nH]c2ccccc12)C(=O)O. The number of H-pyrrole nitrogens is 1. The van der Waals surface area contributed by atoms with Crippen LogP contribution in [0, 0.1) is 5.92 Å². The van der Waals surface area contributed by atoms with Gasteiger partial charge in [-0.15, -0.1) is 0 Å². The van der Waals surface area contributed by atoms with Gasteiger partial charge in [-0.3, -0.25) is 19.2 Å². The van der Waals surface area contributed by atoms with Crippen LogP contribution < -0.4 is 27.4 Å². The summed E-state index contributed by atoms with van der Waals surface area (Å²) in [6.45, 7) is 3.66. The fraction of sp³-hybridized carbons (Fsp3) is 0.480. The standard InChI is InChI=1S/C25H36N6O6S/c1-3-13(2)21(27)24(35)29-17(8-9-20(26)32)22(33)31-19(12-38)23(34)30-18(25(36)37)10-14-11-28-16-7-5-4-6-15(14)16/h4-7,11,13,17-19,21,28,38H,3,8-10,12,27H2,1-2H3,(H2,26,32)(H,29,35)(H,30,34)(H,31,33)(H,36,37). The van der Waals surface area contributed by atoms with Crippen molar-refractivity contribution in [3.8, 4) is 0 Å². The van der Waals surface area contributed by atoms with Gasteiger partial charge >= 0.3 is 5.97 Å². The Morgan fingerprint density at radius 1 is 1.00 bits per heavy atom. The minimum Gasteiger partial charge on any atom is -0.480 e. The fourth-order valence-electron chi connectivity index (χ4n) is 3.79. The van der Waals surface area contributed by atoms with Crippen LogP contribution >= 0.6 is 12.6 Å². The van der Waals surface area contributed by atoms with Crippen LogP contribution in [0.3, 0.4) is 0 Å². The molecule has 2 rings (SSSR count). The minimum atomic E-state index is -1.28. The van der Waals surface area contributed by atoms with Gasteiger partial charge < -0.3 is 37.5 Å². The summed E-state index contributed by atoms with van der Waals surface area (Å²) in [6.07, 6.45) is 2.02. The molecule has 1 aromatic heterocycles. The first-order valence-corrected chi connectivity index (χ1v) is 12.9. The lowest BCUT2D eigenvalue weighted by Gasteiger charge is -2.25. The first-order valence-electron chi connectivity index (χ1n) is 12.3. The number of rotatable bonds is 15. The smallest absolute Gasteiger partial charge is 0.326 e. The maximum absolute atomic E-state index is 13.0. The van der Waals surface area contributed by atoms with Crippen molar-refractivity contribution in [1.82, 2.24) is 20.9 Å². The third-order valence-electron chi connectivity index (χ3n) is 6.40. The van der Waals surface area contributed by atoms with Crippen molar-refractivity contribution < 1.29 is 29.1 Å². The Bertz CT molecular complexity index is 1150. The molecule has 1 heterocycles. The van der Waals surface area contributed by atoms with Gasteiger partial charge in [-0.05, 0) is 24.0 Å². The Kier molecular flexibility index (Phi) is 11.6. The van der Waals surface area contributed by atoms with Crippen LogP contribution in [0.5, 0.6) is 0 Å². The summed E-state index contributed by atoms with van der Waals surface area (Å²) in [4.78, 5) is 64.8. The van der Waals surface area contributed by atoms with Crippen LogP contribution in [0.15, 0.2) is 30.5 Å². The Hall–Kier alpha value is -3.58. The van der Waals surface area contributed by atoms with Crippen LogP contribution in [-0.4, -0.2) is 69.6 Å². The zero-order chi connectivity index (χ0) is 28.4. The summed E-state index contributed by atoms with van der Waals surface area (Å²) in [5.74, 6) is -4.34. The van der Waals surface area contributed by atoms with Crippen molar-refractivity contribution in [2.24, 2.45) is 17.4 Å². The normalized spacial score (nSPS) is 15.1. The molecule has 2 aromatic rings. The molecule has 0 fully saturated rings. The summed E-state index contributed by atoms with van der Waals surface area (Å²) in [7, 11) is 0. The zero-order valence-electron chi connectivity index (χ0n) is 21.4. The second kappa shape index (κ2) is 14.4. The Balaban J connectivity index is 2.11. The number of primary amides is 1. The van der Waals surface area contributed by atoms with E-state index in [9.17, 15) is 29.1 Å². The Morgan fingerprint density at radius 2 is 1.61 bits per heavy atom. The highest BCUT2D eigenvalue weighted by Gasteiger charge is 2.31. The fourth-order valence-corrected chi connectivity index (χ4v) is 4.05. The molecule has 13 heteroatoms. The number of thiol groups is 1. The van der Waals surface area contributed by atoms with Gasteiger partial charge in [0.15, 0.2) is 0 Å². The molecule has 4 amide bonds. The number of aliphatic carboxylic acids is 1. The molecule has 0 radical (unpaired) electrons. The summed E-state index contributed by atoms with van der Waals surface area (Å²) < 4.78 is 0. The number of aromatic nitrogens is 1. The molecule has 5 atom stereocenters. The van der Waals surface area contributed by atoms with Crippen molar-refractivity contribution in [1.29, 1.82) is 0 Å². The van der Waals surface area contributed by atoms with Crippen LogP contribution in [0.2, 0.25) is 0 Å². The third-order valence-corrected chi connectivity index (χ3v) is 6.77. The maximum atomic E-state index is 13.0. The van der Waals surface area contributed by atoms with Crippen molar-refractivity contribution >= 4 is 53.1 Å². The first kappa shape index (κ1) is 30.6. The number of carbonyl (C=O) groups excluding carboxylic acids is 4. The lowest BCUT2D eigenvalue weighted by Crippen LogP contribution is -2.58. The van der Waals surface area contributed by atoms with E-state index in [0.717, 1.165) is 10.9 Å². The molecular weight excluding hydrogens is 512 g/mol. The predicted octanol–water partition coefficient (Wildman–Crippen LogP) is -0.182. The van der Waals surface area contributed by atoms with Gasteiger partial charge in [0, 0.05) is 35.7 Å². The number of amides is 4. The zero-order valence-corrected chi connectivity index (χ0v) is 22.3. The molecule has 38 heavy (non-hydrogen) atoms. The number of hydrogen-bond acceptors (Lipinski definition) is 7. The second-order valence-electron chi connectivity index (χ2n) is 9.18. The van der Waals surface area contributed by atoms with Crippen molar-refractivity contribution in [3.63, 3.8) is 0 Å². The van der Waals surface area contributed by atoms with Crippen LogP contribution in [0.25, 0.3) is 10.9 Å². The van der Waals surface area contributed by atoms with E-state index in [1.165, 1.54) is 0 Å². The molecule has 0 saturated heterocycles. The molecule has 0 saturated carbocycles. The van der Waals surface area contributed by atoms with Gasteiger partial charge in [0.05, 0.1) is 6.04 Å². The molecule has 5 unspecified atom stereocenters. The lowest BCUT2D eigenvalue weighted by molar-refractivity contribution is -0.142. The van der Waals surface area contributed by atoms with Crippen LogP contribution in [-0.2, 0) is 30.4 Å². The number of hydrogen-bond donors (Lipinski definition) is 8. The third kappa shape index (κ3) is 8.48. The average molecular weight is 549 g/mol. The highest BCUT2D eigenvalue weighted by atomic mass is 32.1. The number of carbonyl (C=O) groups is 5. The van der Waals surface area contributed by atoms with Gasteiger partial charge in [0.1, 0.15) is 18.1 Å². The van der Waals surface area contributed by atoms with E-state index in [1.807, 2.05) is 31.2 Å². The number of nitrogens with one attached hydrogen (secondary N) is 4. The van der Waals surface area contributed by atoms with Gasteiger partial charge in [-0.2, -0.15) is 12.6 Å². The quantitative estimate of drug-likeness (QED) is 0.141. The largest absolute Gasteiger partial charge is 0.480 e. The van der Waals surface area contributed by atoms with Crippen molar-refractivity contribution in [3.05, 3.63) is 36.0 Å². The summed E-state index contributed by atoms with van der Waals surface area (Å²) in [6, 6.07) is 2.79. The maximum Gasteiger partial charge on any atom is 0.326 e. The number of fused-ring (bicyclic) bond motifs is 1. The number of para-hydroxylation sites is 1. The van der Waals surface area contributed by atoms with Gasteiger partial charge in [0.25, 0.3) is 0 Å². The highest BCUT2D eigenvalue weighted by molar-refractivity contribution is 7.80. The number of aromatic amines is 1. The topological polar surface area (TPSA) is 209 Å². The predicted molar refractivity (Wildman–Crippen MR) is 145 cm³/mol. The Labute approximate surface area is 226 Å². The molecule has 208 valence electrons. The van der Waals surface area contributed by atoms with E-state index >= 15 is 0 Å². The summed E-state index contributed by atoms with van der Waals surface area (Å²) >= 11 is 4.13. The molecule has 1 aromatic carbocycles. The molecule has 0 aliphatic carbocycles. The van der Waals surface area contributed by atoms with E-state index < -0.39 is 53.8 Å². The number of benzene rings is 1. The summed E-state index contributed by atoms with van der Waals surface area (Å²) in [5.41, 5.74) is 12.7. The number of carboxylic acid groups (broad SMARTS) is 1. The number of carboxylic acids is 1. The van der Waals surface area contributed by atoms with E-state index in [1.54, 1.807) is 13.1 Å². The van der Waals surface area contributed by atoms with E-state index in [-0.39, 0.29) is 30.9 Å². The van der Waals surface area contributed by atoms with E-state index in [0.29, 0.717) is 12.0 Å². The molecule has 0 aliphatic rings. The molecule has 12 nitrogen and oxygen atoms in total. The van der Waals surface area contributed by atoms with Crippen LogP contribution in [0.4, 0.5) is 0 Å². The number of nitrogens with two attached hydrogens (primary N) is 2. The second-order valence-corrected chi connectivity index (χ2v) is 9.55. The van der Waals surface area contributed by atoms with E-state index in [4.69, 9.17) is 11.5 Å². The van der Waals surface area contributed by atoms with Crippen molar-refractivity contribution in [2.45, 2.75) is 63.7 Å². The van der Waals surface area contributed by atoms with E-state index in [2.05, 4.69) is 33.6 Å². The lowest BCUT2D eigenvalue weighted by atomic mass is 9.98. The molecule has 0 bridgehead atoms. The first-order chi connectivity index (χ1) is 18.0.